The third-order valence-electron chi connectivity index (χ3n) is 4.18. The van der Waals surface area contributed by atoms with E-state index in [-0.39, 0.29) is 12.7 Å². The van der Waals surface area contributed by atoms with Gasteiger partial charge >= 0.3 is 0 Å². The highest BCUT2D eigenvalue weighted by Gasteiger charge is 2.17. The van der Waals surface area contributed by atoms with Crippen molar-refractivity contribution in [2.24, 2.45) is 4.99 Å². The summed E-state index contributed by atoms with van der Waals surface area (Å²) in [6.45, 7) is 3.04. The van der Waals surface area contributed by atoms with Crippen LogP contribution >= 0.6 is 11.3 Å². The Kier molecular flexibility index (Phi) is 4.28. The maximum Gasteiger partial charge on any atom is 0.248 e. The van der Waals surface area contributed by atoms with Gasteiger partial charge in [-0.25, -0.2) is 0 Å². The fourth-order valence-electron chi connectivity index (χ4n) is 2.91. The molecule has 0 aliphatic carbocycles. The van der Waals surface area contributed by atoms with Gasteiger partial charge in [0, 0.05) is 25.1 Å². The van der Waals surface area contributed by atoms with Crippen molar-refractivity contribution in [2.75, 3.05) is 6.79 Å². The highest BCUT2D eigenvalue weighted by atomic mass is 32.1. The van der Waals surface area contributed by atoms with Crippen molar-refractivity contribution in [2.45, 2.75) is 26.3 Å². The lowest BCUT2D eigenvalue weighted by atomic mass is 10.1. The molecule has 0 radical (unpaired) electrons. The minimum absolute atomic E-state index is 0.0994. The van der Waals surface area contributed by atoms with Crippen molar-refractivity contribution in [1.29, 1.82) is 0 Å². The van der Waals surface area contributed by atoms with Gasteiger partial charge in [0.2, 0.25) is 12.7 Å². The van der Waals surface area contributed by atoms with E-state index in [2.05, 4.69) is 4.99 Å². The van der Waals surface area contributed by atoms with Gasteiger partial charge in [0.05, 0.1) is 10.2 Å². The molecule has 0 atom stereocenters. The van der Waals surface area contributed by atoms with Crippen molar-refractivity contribution in [1.82, 2.24) is 4.57 Å². The Morgan fingerprint density at radius 2 is 1.96 bits per heavy atom. The normalized spacial score (nSPS) is 13.6. The van der Waals surface area contributed by atoms with E-state index < -0.39 is 0 Å². The zero-order valence-corrected chi connectivity index (χ0v) is 14.7. The van der Waals surface area contributed by atoms with Crippen LogP contribution in [0.3, 0.4) is 0 Å². The number of carbonyl (C=O) groups is 1. The predicted molar refractivity (Wildman–Crippen MR) is 96.9 cm³/mol. The molecular formula is C19H18N2O3S. The highest BCUT2D eigenvalue weighted by Crippen LogP contribution is 2.36. The van der Waals surface area contributed by atoms with Crippen LogP contribution in [0.5, 0.6) is 11.5 Å². The average molecular weight is 354 g/mol. The number of hydrogen-bond acceptors (Lipinski definition) is 4. The number of aryl methyl sites for hydroxylation is 2. The monoisotopic (exact) mass is 354 g/mol. The van der Waals surface area contributed by atoms with E-state index in [1.54, 1.807) is 0 Å². The van der Waals surface area contributed by atoms with Gasteiger partial charge in [-0.2, -0.15) is 4.99 Å². The maximum atomic E-state index is 12.3. The lowest BCUT2D eigenvalue weighted by Crippen LogP contribution is -2.16. The van der Waals surface area contributed by atoms with Crippen molar-refractivity contribution in [3.05, 3.63) is 52.8 Å². The first-order valence-electron chi connectivity index (χ1n) is 8.29. The van der Waals surface area contributed by atoms with Gasteiger partial charge in [0.15, 0.2) is 16.3 Å². The number of benzene rings is 2. The molecule has 2 heterocycles. The summed E-state index contributed by atoms with van der Waals surface area (Å²) in [6.07, 6.45) is 1.11. The third-order valence-corrected chi connectivity index (χ3v) is 5.23. The Labute approximate surface area is 149 Å². The molecule has 6 heteroatoms. The molecule has 0 unspecified atom stereocenters. The molecule has 3 aromatic rings. The third kappa shape index (κ3) is 3.17. The number of nitrogens with zero attached hydrogens (tertiary/aromatic N) is 2. The molecule has 4 rings (SSSR count). The molecule has 0 saturated heterocycles. The summed E-state index contributed by atoms with van der Waals surface area (Å²) in [5, 5.41) is 0. The molecule has 1 aromatic heterocycles. The molecule has 0 fully saturated rings. The van der Waals surface area contributed by atoms with Gasteiger partial charge < -0.3 is 14.0 Å². The lowest BCUT2D eigenvalue weighted by molar-refractivity contribution is -0.118. The van der Waals surface area contributed by atoms with Gasteiger partial charge in [-0.05, 0) is 18.9 Å². The number of carbonyl (C=O) groups excluding carboxylic acids is 1. The smallest absolute Gasteiger partial charge is 0.248 e. The van der Waals surface area contributed by atoms with Gasteiger partial charge in [0.1, 0.15) is 0 Å². The van der Waals surface area contributed by atoms with Gasteiger partial charge in [-0.1, -0.05) is 41.7 Å². The van der Waals surface area contributed by atoms with E-state index in [9.17, 15) is 4.79 Å². The molecule has 0 spiro atoms. The van der Waals surface area contributed by atoms with E-state index in [0.29, 0.717) is 12.8 Å². The Hall–Kier alpha value is -2.60. The predicted octanol–water partition coefficient (Wildman–Crippen LogP) is 3.51. The second kappa shape index (κ2) is 6.72. The average Bonchev–Trinajstić information content (AvgIpc) is 3.21. The van der Waals surface area contributed by atoms with E-state index >= 15 is 0 Å². The van der Waals surface area contributed by atoms with Crippen LogP contribution in [0, 0.1) is 0 Å². The minimum Gasteiger partial charge on any atom is -0.454 e. The van der Waals surface area contributed by atoms with E-state index in [1.165, 1.54) is 11.3 Å². The first-order chi connectivity index (χ1) is 12.2. The molecule has 1 aliphatic heterocycles. The topological polar surface area (TPSA) is 52.8 Å². The molecule has 25 heavy (non-hydrogen) atoms. The fourth-order valence-corrected chi connectivity index (χ4v) is 4.03. The molecule has 128 valence electrons. The SMILES string of the molecule is CCn1c(=NC(=O)CCc2ccccc2)sc2cc3c(cc21)OCO3. The summed E-state index contributed by atoms with van der Waals surface area (Å²) >= 11 is 1.50. The summed E-state index contributed by atoms with van der Waals surface area (Å²) in [4.78, 5) is 17.4. The van der Waals surface area contributed by atoms with Crippen LogP contribution in [-0.4, -0.2) is 17.3 Å². The summed E-state index contributed by atoms with van der Waals surface area (Å²) < 4.78 is 14.0. The number of fused-ring (bicyclic) bond motifs is 2. The summed E-state index contributed by atoms with van der Waals surface area (Å²) in [5.41, 5.74) is 2.17. The zero-order valence-electron chi connectivity index (χ0n) is 13.9. The second-order valence-electron chi connectivity index (χ2n) is 5.79. The summed E-state index contributed by atoms with van der Waals surface area (Å²) in [7, 11) is 0. The van der Waals surface area contributed by atoms with Crippen molar-refractivity contribution < 1.29 is 14.3 Å². The molecule has 0 N–H and O–H groups in total. The molecule has 1 amide bonds. The molecule has 1 aliphatic rings. The van der Waals surface area contributed by atoms with E-state index in [0.717, 1.165) is 38.6 Å². The summed E-state index contributed by atoms with van der Waals surface area (Å²) in [6, 6.07) is 13.9. The Morgan fingerprint density at radius 3 is 2.72 bits per heavy atom. The number of ether oxygens (including phenoxy) is 2. The quantitative estimate of drug-likeness (QED) is 0.720. The van der Waals surface area contributed by atoms with Crippen molar-refractivity contribution >= 4 is 27.5 Å². The highest BCUT2D eigenvalue weighted by molar-refractivity contribution is 7.16. The standard InChI is InChI=1S/C19H18N2O3S/c1-2-21-14-10-15-16(24-12-23-15)11-17(14)25-19(21)20-18(22)9-8-13-6-4-3-5-7-13/h3-7,10-11H,2,8-9,12H2,1H3. The molecule has 2 aromatic carbocycles. The largest absolute Gasteiger partial charge is 0.454 e. The van der Waals surface area contributed by atoms with E-state index in [1.807, 2.05) is 54.0 Å². The minimum atomic E-state index is -0.0994. The number of hydrogen-bond donors (Lipinski definition) is 0. The molecule has 5 nitrogen and oxygen atoms in total. The van der Waals surface area contributed by atoms with Crippen molar-refractivity contribution in [3.63, 3.8) is 0 Å². The number of aromatic nitrogens is 1. The van der Waals surface area contributed by atoms with Crippen LogP contribution in [-0.2, 0) is 17.8 Å². The summed E-state index contributed by atoms with van der Waals surface area (Å²) in [5.74, 6) is 1.39. The van der Waals surface area contributed by atoms with Crippen LogP contribution in [0.15, 0.2) is 47.5 Å². The van der Waals surface area contributed by atoms with Gasteiger partial charge in [-0.15, -0.1) is 0 Å². The molecule has 0 bridgehead atoms. The van der Waals surface area contributed by atoms with Crippen LogP contribution < -0.4 is 14.3 Å². The maximum absolute atomic E-state index is 12.3. The fraction of sp³-hybridized carbons (Fsp3) is 0.263. The Morgan fingerprint density at radius 1 is 1.20 bits per heavy atom. The van der Waals surface area contributed by atoms with E-state index in [4.69, 9.17) is 9.47 Å². The van der Waals surface area contributed by atoms with Crippen LogP contribution in [0.4, 0.5) is 0 Å². The van der Waals surface area contributed by atoms with Crippen LogP contribution in [0.2, 0.25) is 0 Å². The van der Waals surface area contributed by atoms with Gasteiger partial charge in [-0.3, -0.25) is 4.79 Å². The Bertz CT molecular complexity index is 989. The molecular weight excluding hydrogens is 336 g/mol. The van der Waals surface area contributed by atoms with Crippen LogP contribution in [0.25, 0.3) is 10.2 Å². The first-order valence-corrected chi connectivity index (χ1v) is 9.10. The first kappa shape index (κ1) is 15.9. The molecule has 0 saturated carbocycles. The lowest BCUT2D eigenvalue weighted by Gasteiger charge is -2.01. The number of rotatable bonds is 4. The van der Waals surface area contributed by atoms with Gasteiger partial charge in [0.25, 0.3) is 0 Å². The van der Waals surface area contributed by atoms with Crippen LogP contribution in [0.1, 0.15) is 18.9 Å². The number of amides is 1. The van der Waals surface area contributed by atoms with Crippen molar-refractivity contribution in [3.8, 4) is 11.5 Å². The zero-order chi connectivity index (χ0) is 17.2. The Balaban J connectivity index is 1.63. The number of thiazole rings is 1. The second-order valence-corrected chi connectivity index (χ2v) is 6.80.